The van der Waals surface area contributed by atoms with Crippen LogP contribution in [0.25, 0.3) is 83.0 Å². The molecule has 1 aliphatic carbocycles. The molecular weight excluding hydrogens is 680 g/mol. The van der Waals surface area contributed by atoms with Crippen LogP contribution in [0.1, 0.15) is 25.0 Å². The molecule has 0 amide bonds. The molecule has 9 aromatic rings. The maximum atomic E-state index is 5.16. The second kappa shape index (κ2) is 12.9. The topological polar surface area (TPSA) is 17.8 Å². The monoisotopic (exact) mass is 722 g/mol. The quantitative estimate of drug-likeness (QED) is 0.191. The van der Waals surface area contributed by atoms with Crippen molar-refractivity contribution in [1.29, 1.82) is 0 Å². The molecule has 0 spiro atoms. The van der Waals surface area contributed by atoms with Gasteiger partial charge in [0.15, 0.2) is 0 Å². The molecule has 1 aromatic heterocycles. The maximum absolute atomic E-state index is 5.16. The van der Waals surface area contributed by atoms with E-state index < -0.39 is 0 Å². The van der Waals surface area contributed by atoms with Gasteiger partial charge in [0.05, 0.1) is 11.0 Å². The highest BCUT2D eigenvalue weighted by Crippen LogP contribution is 2.48. The van der Waals surface area contributed by atoms with Crippen LogP contribution < -0.4 is 38.2 Å². The number of imidazole rings is 1. The Bertz CT molecular complexity index is 3130. The number of nitrogens with zero attached hydrogens (tertiary/aromatic N) is 2. The molecule has 57 heavy (non-hydrogen) atoms. The van der Waals surface area contributed by atoms with Gasteiger partial charge in [-0.1, -0.05) is 144 Å². The lowest BCUT2D eigenvalue weighted by Crippen LogP contribution is -2.51. The molecule has 0 aliphatic heterocycles. The Balaban J connectivity index is 1.25. The van der Waals surface area contributed by atoms with Crippen LogP contribution in [0.5, 0.6) is 0 Å². The first-order chi connectivity index (χ1) is 27.5. The number of hydrogen-bond donors (Lipinski definition) is 0. The lowest BCUT2D eigenvalue weighted by molar-refractivity contribution is 0.670. The summed E-state index contributed by atoms with van der Waals surface area (Å²) in [4.78, 5) is 5.16. The van der Waals surface area contributed by atoms with Crippen molar-refractivity contribution >= 4 is 126 Å². The first-order valence-electron chi connectivity index (χ1n) is 20.3. The summed E-state index contributed by atoms with van der Waals surface area (Å²) < 4.78 is 2.32. The SMILES string of the molecule is Bc1c(B)c(B)c2c(c1B)-c1c(B)c(B)c(-c3c4ccccc4c(-c4cccc(-n5c(-c6ccccc6)nc6ccccc65)c4)c4ccccc34)c(B)c1C2(C)C. The largest absolute Gasteiger partial charge is 0.292 e. The number of para-hydroxylation sites is 2. The predicted octanol–water partition coefficient (Wildman–Crippen LogP) is 0.448. The molecule has 0 N–H and O–H groups in total. The Hall–Kier alpha value is -5.80. The number of aromatic nitrogens is 2. The minimum atomic E-state index is -0.128. The summed E-state index contributed by atoms with van der Waals surface area (Å²) in [5.41, 5.74) is 25.1. The number of fused-ring (bicyclic) bond motifs is 6. The van der Waals surface area contributed by atoms with Crippen molar-refractivity contribution in [2.45, 2.75) is 19.3 Å². The minimum Gasteiger partial charge on any atom is -0.292 e. The van der Waals surface area contributed by atoms with Gasteiger partial charge in [-0.05, 0) is 90.3 Å². The van der Waals surface area contributed by atoms with E-state index in [-0.39, 0.29) is 5.41 Å². The van der Waals surface area contributed by atoms with Gasteiger partial charge in [0, 0.05) is 16.7 Å². The lowest BCUT2D eigenvalue weighted by Gasteiger charge is -2.30. The van der Waals surface area contributed by atoms with E-state index in [0.29, 0.717) is 0 Å². The van der Waals surface area contributed by atoms with E-state index >= 15 is 0 Å². The van der Waals surface area contributed by atoms with Crippen LogP contribution in [0.4, 0.5) is 0 Å². The Morgan fingerprint density at radius 3 is 1.56 bits per heavy atom. The Morgan fingerprint density at radius 2 is 0.912 bits per heavy atom. The zero-order chi connectivity index (χ0) is 39.5. The van der Waals surface area contributed by atoms with Crippen molar-refractivity contribution in [3.8, 4) is 50.5 Å². The molecule has 0 radical (unpaired) electrons. The molecule has 8 aromatic carbocycles. The van der Waals surface area contributed by atoms with Gasteiger partial charge in [0.2, 0.25) is 0 Å². The van der Waals surface area contributed by atoms with Crippen LogP contribution in [0.15, 0.2) is 127 Å². The maximum Gasteiger partial charge on any atom is 0.145 e. The lowest BCUT2D eigenvalue weighted by atomic mass is 9.61. The highest BCUT2D eigenvalue weighted by molar-refractivity contribution is 6.65. The van der Waals surface area contributed by atoms with Gasteiger partial charge >= 0.3 is 0 Å². The first-order valence-corrected chi connectivity index (χ1v) is 20.3. The molecule has 10 rings (SSSR count). The van der Waals surface area contributed by atoms with Gasteiger partial charge in [0.25, 0.3) is 0 Å². The fourth-order valence-electron chi connectivity index (χ4n) is 10.7. The summed E-state index contributed by atoms with van der Waals surface area (Å²) in [5, 5.41) is 5.10. The van der Waals surface area contributed by atoms with E-state index in [1.54, 1.807) is 0 Å². The molecule has 0 saturated heterocycles. The van der Waals surface area contributed by atoms with Gasteiger partial charge in [-0.25, -0.2) is 4.98 Å². The van der Waals surface area contributed by atoms with Crippen molar-refractivity contribution in [2.75, 3.05) is 0 Å². The van der Waals surface area contributed by atoms with Gasteiger partial charge in [-0.15, -0.1) is 10.9 Å². The number of benzene rings is 8. The summed E-state index contributed by atoms with van der Waals surface area (Å²) in [6.45, 7) is 4.92. The summed E-state index contributed by atoms with van der Waals surface area (Å²) >= 11 is 0. The molecule has 9 heteroatoms. The highest BCUT2D eigenvalue weighted by Gasteiger charge is 2.41. The number of rotatable bonds is 4. The smallest absolute Gasteiger partial charge is 0.145 e. The standard InChI is InChI=1S/C48H41B7N2/c1-48(2)38-35(36-39(48)44(53)46(55)45(54)42(36)51)41(50)43(52)37(40(38)49)34-29-19-8-6-17-27(29)33(28-18-7-9-20-30(28)34)25-15-12-16-26(23-25)57-32-22-11-10-21-31(32)56-47(57)24-13-4-3-5-14-24/h3-23H,49-55H2,1-2H3. The van der Waals surface area contributed by atoms with Gasteiger partial charge < -0.3 is 0 Å². The van der Waals surface area contributed by atoms with Crippen LogP contribution in [0, 0.1) is 0 Å². The minimum absolute atomic E-state index is 0.128. The van der Waals surface area contributed by atoms with E-state index in [4.69, 9.17) is 4.98 Å². The zero-order valence-electron chi connectivity index (χ0n) is 34.5. The van der Waals surface area contributed by atoms with Gasteiger partial charge in [-0.3, -0.25) is 4.57 Å². The molecule has 264 valence electrons. The molecule has 0 unspecified atom stereocenters. The van der Waals surface area contributed by atoms with Crippen molar-refractivity contribution in [2.24, 2.45) is 0 Å². The van der Waals surface area contributed by atoms with E-state index in [1.807, 2.05) is 0 Å². The van der Waals surface area contributed by atoms with Crippen LogP contribution in [-0.2, 0) is 5.41 Å². The van der Waals surface area contributed by atoms with E-state index in [2.05, 4.69) is 201 Å². The van der Waals surface area contributed by atoms with Crippen molar-refractivity contribution in [1.82, 2.24) is 9.55 Å². The third-order valence-corrected chi connectivity index (χ3v) is 13.7. The van der Waals surface area contributed by atoms with Crippen LogP contribution >= 0.6 is 0 Å². The molecule has 0 saturated carbocycles. The fraction of sp³-hybridized carbons (Fsp3) is 0.0625. The zero-order valence-corrected chi connectivity index (χ0v) is 34.5. The molecular formula is C48H41B7N2. The van der Waals surface area contributed by atoms with E-state index in [0.717, 1.165) is 28.1 Å². The highest BCUT2D eigenvalue weighted by atomic mass is 15.1. The average Bonchev–Trinajstić information content (AvgIpc) is 3.74. The molecule has 2 nitrogen and oxygen atoms in total. The van der Waals surface area contributed by atoms with E-state index in [1.165, 1.54) is 104 Å². The first kappa shape index (κ1) is 35.6. The van der Waals surface area contributed by atoms with Crippen LogP contribution in [0.3, 0.4) is 0 Å². The molecule has 1 heterocycles. The van der Waals surface area contributed by atoms with E-state index in [9.17, 15) is 0 Å². The van der Waals surface area contributed by atoms with Gasteiger partial charge in [-0.2, -0.15) is 0 Å². The molecule has 1 aliphatic rings. The second-order valence-corrected chi connectivity index (χ2v) is 16.9. The van der Waals surface area contributed by atoms with Crippen molar-refractivity contribution < 1.29 is 0 Å². The van der Waals surface area contributed by atoms with Crippen LogP contribution in [-0.4, -0.2) is 64.5 Å². The second-order valence-electron chi connectivity index (χ2n) is 16.9. The molecule has 0 atom stereocenters. The Labute approximate surface area is 342 Å². The average molecular weight is 722 g/mol. The third kappa shape index (κ3) is 4.97. The third-order valence-electron chi connectivity index (χ3n) is 13.7. The summed E-state index contributed by atoms with van der Waals surface area (Å²) in [6.07, 6.45) is 0. The fourth-order valence-corrected chi connectivity index (χ4v) is 10.7. The predicted molar refractivity (Wildman–Crippen MR) is 267 cm³/mol. The summed E-state index contributed by atoms with van der Waals surface area (Å²) in [5.74, 6) is 0.942. The van der Waals surface area contributed by atoms with Crippen molar-refractivity contribution in [3.05, 3.63) is 139 Å². The summed E-state index contributed by atoms with van der Waals surface area (Å²) in [6, 6.07) is 46.3. The number of hydrogen-bond acceptors (Lipinski definition) is 1. The Kier molecular flexibility index (Phi) is 8.04. The summed E-state index contributed by atoms with van der Waals surface area (Å²) in [7, 11) is 16.5. The normalized spacial score (nSPS) is 13.0. The van der Waals surface area contributed by atoms with Gasteiger partial charge in [0.1, 0.15) is 60.7 Å². The molecule has 0 fully saturated rings. The Morgan fingerprint density at radius 1 is 0.421 bits per heavy atom. The molecule has 0 bridgehead atoms. The van der Waals surface area contributed by atoms with Crippen LogP contribution in [0.2, 0.25) is 0 Å². The van der Waals surface area contributed by atoms with Crippen molar-refractivity contribution in [3.63, 3.8) is 0 Å².